The van der Waals surface area contributed by atoms with Crippen LogP contribution in [-0.4, -0.2) is 6.54 Å². The molecule has 1 unspecified atom stereocenters. The van der Waals surface area contributed by atoms with Crippen LogP contribution in [0.1, 0.15) is 24.8 Å². The molecule has 0 bridgehead atoms. The predicted octanol–water partition coefficient (Wildman–Crippen LogP) is 3.29. The summed E-state index contributed by atoms with van der Waals surface area (Å²) in [4.78, 5) is 0. The van der Waals surface area contributed by atoms with Crippen molar-refractivity contribution in [3.05, 3.63) is 48.0 Å². The van der Waals surface area contributed by atoms with Gasteiger partial charge in [-0.15, -0.1) is 0 Å². The lowest BCUT2D eigenvalue weighted by atomic mass is 9.95. The van der Waals surface area contributed by atoms with E-state index in [2.05, 4.69) is 49.4 Å². The quantitative estimate of drug-likeness (QED) is 0.806. The Balaban J connectivity index is 2.38. The molecule has 0 saturated heterocycles. The van der Waals surface area contributed by atoms with Crippen molar-refractivity contribution >= 4 is 10.8 Å². The second-order valence-corrected chi connectivity index (χ2v) is 4.08. The van der Waals surface area contributed by atoms with Crippen LogP contribution in [0.2, 0.25) is 0 Å². The third kappa shape index (κ3) is 2.18. The number of nitrogens with two attached hydrogens (primary N) is 1. The van der Waals surface area contributed by atoms with Gasteiger partial charge in [-0.3, -0.25) is 0 Å². The van der Waals surface area contributed by atoms with Crippen LogP contribution in [0.3, 0.4) is 0 Å². The molecule has 0 saturated carbocycles. The van der Waals surface area contributed by atoms with Crippen LogP contribution in [-0.2, 0) is 0 Å². The first-order valence-electron chi connectivity index (χ1n) is 5.50. The van der Waals surface area contributed by atoms with E-state index >= 15 is 0 Å². The van der Waals surface area contributed by atoms with E-state index in [1.807, 2.05) is 0 Å². The molecule has 1 nitrogen and oxygen atoms in total. The van der Waals surface area contributed by atoms with Gasteiger partial charge in [-0.1, -0.05) is 49.4 Å². The number of hydrogen-bond acceptors (Lipinski definition) is 1. The van der Waals surface area contributed by atoms with Crippen LogP contribution >= 0.6 is 0 Å². The molecule has 15 heavy (non-hydrogen) atoms. The second kappa shape index (κ2) is 4.45. The topological polar surface area (TPSA) is 26.0 Å². The standard InChI is InChI=1S/C14H17N/c1-11(8-9-15)13-7-6-12-4-2-3-5-14(12)10-13/h2-7,10-11H,8-9,15H2,1H3. The minimum atomic E-state index is 0.555. The molecule has 0 aliphatic heterocycles. The van der Waals surface area contributed by atoms with E-state index in [1.54, 1.807) is 0 Å². The molecule has 0 heterocycles. The predicted molar refractivity (Wildman–Crippen MR) is 66.0 cm³/mol. The molecule has 0 aromatic heterocycles. The molecule has 2 rings (SSSR count). The molecular formula is C14H17N. The SMILES string of the molecule is CC(CCN)c1ccc2ccccc2c1. The summed E-state index contributed by atoms with van der Waals surface area (Å²) in [6.07, 6.45) is 1.05. The average molecular weight is 199 g/mol. The molecule has 1 atom stereocenters. The van der Waals surface area contributed by atoms with Crippen molar-refractivity contribution in [3.63, 3.8) is 0 Å². The molecule has 0 aliphatic carbocycles. The highest BCUT2D eigenvalue weighted by Crippen LogP contribution is 2.23. The Morgan fingerprint density at radius 1 is 1.07 bits per heavy atom. The summed E-state index contributed by atoms with van der Waals surface area (Å²) in [5.74, 6) is 0.555. The molecule has 1 heteroatoms. The first-order chi connectivity index (χ1) is 7.31. The van der Waals surface area contributed by atoms with Crippen LogP contribution in [0.15, 0.2) is 42.5 Å². The number of hydrogen-bond donors (Lipinski definition) is 1. The Kier molecular flexibility index (Phi) is 3.02. The van der Waals surface area contributed by atoms with Gasteiger partial charge in [0, 0.05) is 0 Å². The maximum atomic E-state index is 5.58. The highest BCUT2D eigenvalue weighted by molar-refractivity contribution is 5.83. The zero-order valence-electron chi connectivity index (χ0n) is 9.11. The molecule has 0 fully saturated rings. The zero-order chi connectivity index (χ0) is 10.7. The van der Waals surface area contributed by atoms with Crippen molar-refractivity contribution < 1.29 is 0 Å². The molecule has 0 spiro atoms. The summed E-state index contributed by atoms with van der Waals surface area (Å²) in [5, 5.41) is 2.63. The lowest BCUT2D eigenvalue weighted by Gasteiger charge is -2.11. The maximum absolute atomic E-state index is 5.58. The van der Waals surface area contributed by atoms with Crippen LogP contribution in [0, 0.1) is 0 Å². The lowest BCUT2D eigenvalue weighted by molar-refractivity contribution is 0.691. The number of fused-ring (bicyclic) bond motifs is 1. The van der Waals surface area contributed by atoms with Gasteiger partial charge < -0.3 is 5.73 Å². The first-order valence-corrected chi connectivity index (χ1v) is 5.50. The molecular weight excluding hydrogens is 182 g/mol. The van der Waals surface area contributed by atoms with E-state index in [0.717, 1.165) is 13.0 Å². The molecule has 0 radical (unpaired) electrons. The fourth-order valence-corrected chi connectivity index (χ4v) is 1.93. The van der Waals surface area contributed by atoms with Gasteiger partial charge in [-0.25, -0.2) is 0 Å². The van der Waals surface area contributed by atoms with Gasteiger partial charge >= 0.3 is 0 Å². The Bertz CT molecular complexity index is 448. The summed E-state index contributed by atoms with van der Waals surface area (Å²) in [6, 6.07) is 15.1. The van der Waals surface area contributed by atoms with Crippen LogP contribution in [0.5, 0.6) is 0 Å². The van der Waals surface area contributed by atoms with Crippen LogP contribution in [0.4, 0.5) is 0 Å². The van der Waals surface area contributed by atoms with Crippen molar-refractivity contribution in [2.45, 2.75) is 19.3 Å². The van der Waals surface area contributed by atoms with Gasteiger partial charge in [0.25, 0.3) is 0 Å². The second-order valence-electron chi connectivity index (χ2n) is 4.08. The van der Waals surface area contributed by atoms with E-state index in [0.29, 0.717) is 5.92 Å². The van der Waals surface area contributed by atoms with Crippen molar-refractivity contribution in [1.82, 2.24) is 0 Å². The fraction of sp³-hybridized carbons (Fsp3) is 0.286. The Morgan fingerprint density at radius 2 is 1.80 bits per heavy atom. The normalized spacial score (nSPS) is 12.9. The van der Waals surface area contributed by atoms with Gasteiger partial charge in [0.2, 0.25) is 0 Å². The summed E-state index contributed by atoms with van der Waals surface area (Å²) in [5.41, 5.74) is 6.97. The maximum Gasteiger partial charge on any atom is -0.00715 e. The third-order valence-corrected chi connectivity index (χ3v) is 2.94. The Morgan fingerprint density at radius 3 is 2.53 bits per heavy atom. The van der Waals surface area contributed by atoms with Gasteiger partial charge in [0.1, 0.15) is 0 Å². The highest BCUT2D eigenvalue weighted by Gasteiger charge is 2.04. The summed E-state index contributed by atoms with van der Waals surface area (Å²) in [7, 11) is 0. The van der Waals surface area contributed by atoms with Crippen LogP contribution in [0.25, 0.3) is 10.8 Å². The van der Waals surface area contributed by atoms with E-state index in [4.69, 9.17) is 5.73 Å². The minimum absolute atomic E-state index is 0.555. The monoisotopic (exact) mass is 199 g/mol. The highest BCUT2D eigenvalue weighted by atomic mass is 14.5. The molecule has 2 N–H and O–H groups in total. The van der Waals surface area contributed by atoms with E-state index in [9.17, 15) is 0 Å². The van der Waals surface area contributed by atoms with Gasteiger partial charge in [-0.05, 0) is 35.2 Å². The smallest absolute Gasteiger partial charge is 0.00715 e. The third-order valence-electron chi connectivity index (χ3n) is 2.94. The molecule has 2 aromatic rings. The number of rotatable bonds is 3. The summed E-state index contributed by atoms with van der Waals surface area (Å²) < 4.78 is 0. The largest absolute Gasteiger partial charge is 0.330 e. The minimum Gasteiger partial charge on any atom is -0.330 e. The molecule has 0 aliphatic rings. The van der Waals surface area contributed by atoms with Crippen molar-refractivity contribution in [2.75, 3.05) is 6.54 Å². The zero-order valence-corrected chi connectivity index (χ0v) is 9.11. The average Bonchev–Trinajstić information content (AvgIpc) is 2.29. The van der Waals surface area contributed by atoms with Gasteiger partial charge in [0.15, 0.2) is 0 Å². The number of benzene rings is 2. The summed E-state index contributed by atoms with van der Waals surface area (Å²) >= 11 is 0. The first kappa shape index (κ1) is 10.2. The van der Waals surface area contributed by atoms with Crippen LogP contribution < -0.4 is 5.73 Å². The Labute approximate surface area is 90.9 Å². The van der Waals surface area contributed by atoms with Gasteiger partial charge in [0.05, 0.1) is 0 Å². The molecule has 78 valence electrons. The van der Waals surface area contributed by atoms with Crippen molar-refractivity contribution in [2.24, 2.45) is 5.73 Å². The molecule has 0 amide bonds. The fourth-order valence-electron chi connectivity index (χ4n) is 1.93. The molecule has 2 aromatic carbocycles. The van der Waals surface area contributed by atoms with E-state index in [1.165, 1.54) is 16.3 Å². The Hall–Kier alpha value is -1.34. The van der Waals surface area contributed by atoms with Crippen molar-refractivity contribution in [3.8, 4) is 0 Å². The van der Waals surface area contributed by atoms with E-state index in [-0.39, 0.29) is 0 Å². The van der Waals surface area contributed by atoms with Crippen molar-refractivity contribution in [1.29, 1.82) is 0 Å². The lowest BCUT2D eigenvalue weighted by Crippen LogP contribution is -2.04. The summed E-state index contributed by atoms with van der Waals surface area (Å²) in [6.45, 7) is 2.99. The van der Waals surface area contributed by atoms with Gasteiger partial charge in [-0.2, -0.15) is 0 Å². The van der Waals surface area contributed by atoms with E-state index < -0.39 is 0 Å².